The molecule has 0 radical (unpaired) electrons. The summed E-state index contributed by atoms with van der Waals surface area (Å²) in [5.41, 5.74) is 2.53. The van der Waals surface area contributed by atoms with Gasteiger partial charge in [-0.2, -0.15) is 0 Å². The number of fused-ring (bicyclic) bond motifs is 1. The van der Waals surface area contributed by atoms with E-state index in [1.165, 1.54) is 11.1 Å². The van der Waals surface area contributed by atoms with Gasteiger partial charge in [0.15, 0.2) is 11.5 Å². The molecule has 5 nitrogen and oxygen atoms in total. The molecular formula is C16H23NO4. The minimum atomic E-state index is 0.103. The summed E-state index contributed by atoms with van der Waals surface area (Å²) in [6.07, 6.45) is 1.03. The van der Waals surface area contributed by atoms with E-state index in [4.69, 9.17) is 18.9 Å². The lowest BCUT2D eigenvalue weighted by Crippen LogP contribution is -2.40. The highest BCUT2D eigenvalue weighted by Gasteiger charge is 2.26. The van der Waals surface area contributed by atoms with Crippen LogP contribution in [0.15, 0.2) is 12.1 Å². The fraction of sp³-hybridized carbons (Fsp3) is 0.625. The van der Waals surface area contributed by atoms with E-state index in [-0.39, 0.29) is 6.10 Å². The van der Waals surface area contributed by atoms with Crippen molar-refractivity contribution in [2.45, 2.75) is 12.5 Å². The Morgan fingerprint density at radius 1 is 1.10 bits per heavy atom. The van der Waals surface area contributed by atoms with Crippen molar-refractivity contribution in [3.05, 3.63) is 23.3 Å². The van der Waals surface area contributed by atoms with Gasteiger partial charge in [0.25, 0.3) is 0 Å². The largest absolute Gasteiger partial charge is 0.493 e. The predicted molar refractivity (Wildman–Crippen MR) is 79.2 cm³/mol. The van der Waals surface area contributed by atoms with Crippen molar-refractivity contribution in [3.8, 4) is 11.5 Å². The van der Waals surface area contributed by atoms with E-state index in [0.29, 0.717) is 0 Å². The van der Waals surface area contributed by atoms with Crippen LogP contribution < -0.4 is 9.47 Å². The van der Waals surface area contributed by atoms with Crippen molar-refractivity contribution in [2.75, 3.05) is 53.7 Å². The summed E-state index contributed by atoms with van der Waals surface area (Å²) in [6, 6.07) is 4.15. The van der Waals surface area contributed by atoms with E-state index < -0.39 is 0 Å². The molecule has 21 heavy (non-hydrogen) atoms. The smallest absolute Gasteiger partial charge is 0.161 e. The normalized spacial score (nSPS) is 22.7. The minimum Gasteiger partial charge on any atom is -0.493 e. The molecule has 1 aromatic carbocycles. The molecular weight excluding hydrogens is 270 g/mol. The van der Waals surface area contributed by atoms with Crippen LogP contribution >= 0.6 is 0 Å². The van der Waals surface area contributed by atoms with Gasteiger partial charge in [-0.1, -0.05) is 0 Å². The summed E-state index contributed by atoms with van der Waals surface area (Å²) >= 11 is 0. The second kappa shape index (κ2) is 6.64. The Hall–Kier alpha value is -1.30. The summed E-state index contributed by atoms with van der Waals surface area (Å²) < 4.78 is 22.2. The van der Waals surface area contributed by atoms with Gasteiger partial charge in [0.2, 0.25) is 0 Å². The van der Waals surface area contributed by atoms with Gasteiger partial charge >= 0.3 is 0 Å². The molecule has 2 aliphatic heterocycles. The summed E-state index contributed by atoms with van der Waals surface area (Å²) in [7, 11) is 3.35. The Bertz CT molecular complexity index is 485. The number of rotatable bonds is 4. The molecule has 5 heteroatoms. The van der Waals surface area contributed by atoms with Crippen LogP contribution in [0, 0.1) is 0 Å². The van der Waals surface area contributed by atoms with Gasteiger partial charge in [-0.05, 0) is 29.7 Å². The molecule has 0 amide bonds. The first kappa shape index (κ1) is 14.6. The highest BCUT2D eigenvalue weighted by molar-refractivity contribution is 5.49. The molecule has 1 aromatic rings. The lowest BCUT2D eigenvalue weighted by Gasteiger charge is -2.33. The van der Waals surface area contributed by atoms with Gasteiger partial charge in [0, 0.05) is 19.6 Å². The summed E-state index contributed by atoms with van der Waals surface area (Å²) in [4.78, 5) is 2.40. The maximum atomic E-state index is 6.00. The second-order valence-corrected chi connectivity index (χ2v) is 5.43. The first-order valence-corrected chi connectivity index (χ1v) is 7.48. The van der Waals surface area contributed by atoms with Gasteiger partial charge in [0.1, 0.15) is 0 Å². The van der Waals surface area contributed by atoms with Crippen LogP contribution in [-0.2, 0) is 15.9 Å². The Balaban J connectivity index is 1.82. The molecule has 0 N–H and O–H groups in total. The van der Waals surface area contributed by atoms with E-state index in [0.717, 1.165) is 57.4 Å². The zero-order chi connectivity index (χ0) is 14.7. The van der Waals surface area contributed by atoms with Gasteiger partial charge < -0.3 is 18.9 Å². The molecule has 0 bridgehead atoms. The van der Waals surface area contributed by atoms with E-state index >= 15 is 0 Å². The SMILES string of the molecule is COc1cc2c(cc1OC)C(CN1CCOCC1)OCC2. The molecule has 0 saturated carbocycles. The van der Waals surface area contributed by atoms with E-state index in [1.54, 1.807) is 14.2 Å². The third kappa shape index (κ3) is 3.15. The first-order chi connectivity index (χ1) is 10.3. The molecule has 0 aliphatic carbocycles. The average Bonchev–Trinajstić information content (AvgIpc) is 2.55. The Morgan fingerprint density at radius 2 is 1.81 bits per heavy atom. The van der Waals surface area contributed by atoms with E-state index in [2.05, 4.69) is 17.0 Å². The third-order valence-electron chi connectivity index (χ3n) is 4.21. The molecule has 2 heterocycles. The summed E-state index contributed by atoms with van der Waals surface area (Å²) in [6.45, 7) is 5.24. The van der Waals surface area contributed by atoms with Crippen LogP contribution in [0.3, 0.4) is 0 Å². The lowest BCUT2D eigenvalue weighted by molar-refractivity contribution is -0.0181. The average molecular weight is 293 g/mol. The van der Waals surface area contributed by atoms with Crippen molar-refractivity contribution in [1.82, 2.24) is 4.90 Å². The summed E-state index contributed by atoms with van der Waals surface area (Å²) in [5, 5.41) is 0. The molecule has 2 aliphatic rings. The number of hydrogen-bond acceptors (Lipinski definition) is 5. The van der Waals surface area contributed by atoms with Crippen molar-refractivity contribution >= 4 is 0 Å². The Labute approximate surface area is 125 Å². The van der Waals surface area contributed by atoms with Gasteiger partial charge in [-0.3, -0.25) is 4.90 Å². The second-order valence-electron chi connectivity index (χ2n) is 5.43. The van der Waals surface area contributed by atoms with Crippen molar-refractivity contribution < 1.29 is 18.9 Å². The van der Waals surface area contributed by atoms with Crippen LogP contribution in [-0.4, -0.2) is 58.6 Å². The van der Waals surface area contributed by atoms with Crippen LogP contribution in [0.5, 0.6) is 11.5 Å². The zero-order valence-electron chi connectivity index (χ0n) is 12.8. The third-order valence-corrected chi connectivity index (χ3v) is 4.21. The maximum Gasteiger partial charge on any atom is 0.161 e. The van der Waals surface area contributed by atoms with Crippen LogP contribution in [0.1, 0.15) is 17.2 Å². The topological polar surface area (TPSA) is 40.2 Å². The number of hydrogen-bond donors (Lipinski definition) is 0. The molecule has 1 saturated heterocycles. The zero-order valence-corrected chi connectivity index (χ0v) is 12.8. The molecule has 1 atom stereocenters. The fourth-order valence-corrected chi connectivity index (χ4v) is 3.02. The number of morpholine rings is 1. The Kier molecular flexibility index (Phi) is 4.63. The standard InChI is InChI=1S/C16H23NO4/c1-18-14-9-12-3-6-21-16(13(12)10-15(14)19-2)11-17-4-7-20-8-5-17/h9-10,16H,3-8,11H2,1-2H3. The quantitative estimate of drug-likeness (QED) is 0.844. The molecule has 1 fully saturated rings. The highest BCUT2D eigenvalue weighted by atomic mass is 16.5. The number of ether oxygens (including phenoxy) is 4. The fourth-order valence-electron chi connectivity index (χ4n) is 3.02. The number of methoxy groups -OCH3 is 2. The van der Waals surface area contributed by atoms with Crippen molar-refractivity contribution in [2.24, 2.45) is 0 Å². The number of nitrogens with zero attached hydrogens (tertiary/aromatic N) is 1. The summed E-state index contributed by atoms with van der Waals surface area (Å²) in [5.74, 6) is 1.57. The van der Waals surface area contributed by atoms with Crippen molar-refractivity contribution in [3.63, 3.8) is 0 Å². The van der Waals surface area contributed by atoms with E-state index in [1.807, 2.05) is 0 Å². The van der Waals surface area contributed by atoms with Crippen LogP contribution in [0.25, 0.3) is 0 Å². The van der Waals surface area contributed by atoms with Crippen LogP contribution in [0.4, 0.5) is 0 Å². The number of benzene rings is 1. The molecule has 116 valence electrons. The molecule has 1 unspecified atom stereocenters. The molecule has 0 aromatic heterocycles. The van der Waals surface area contributed by atoms with E-state index in [9.17, 15) is 0 Å². The molecule has 0 spiro atoms. The molecule has 3 rings (SSSR count). The maximum absolute atomic E-state index is 6.00. The van der Waals surface area contributed by atoms with Crippen molar-refractivity contribution in [1.29, 1.82) is 0 Å². The highest BCUT2D eigenvalue weighted by Crippen LogP contribution is 2.37. The lowest BCUT2D eigenvalue weighted by atomic mass is 9.96. The predicted octanol–water partition coefficient (Wildman–Crippen LogP) is 1.65. The minimum absolute atomic E-state index is 0.103. The van der Waals surface area contributed by atoms with Gasteiger partial charge in [0.05, 0.1) is 40.1 Å². The van der Waals surface area contributed by atoms with Crippen LogP contribution in [0.2, 0.25) is 0 Å². The van der Waals surface area contributed by atoms with Gasteiger partial charge in [-0.15, -0.1) is 0 Å². The Morgan fingerprint density at radius 3 is 2.52 bits per heavy atom. The van der Waals surface area contributed by atoms with Gasteiger partial charge in [-0.25, -0.2) is 0 Å². The monoisotopic (exact) mass is 293 g/mol. The first-order valence-electron chi connectivity index (χ1n) is 7.48.